The van der Waals surface area contributed by atoms with E-state index in [1.165, 1.54) is 11.1 Å². The maximum Gasteiger partial charge on any atom is 0.105 e. The van der Waals surface area contributed by atoms with Gasteiger partial charge in [-0.1, -0.05) is 18.2 Å². The number of ether oxygens (including phenoxy) is 1. The number of aliphatic hydroxyl groups is 1. The van der Waals surface area contributed by atoms with Gasteiger partial charge in [-0.2, -0.15) is 0 Å². The Hall–Kier alpha value is -0.860. The van der Waals surface area contributed by atoms with Gasteiger partial charge < -0.3 is 9.84 Å². The normalized spacial score (nSPS) is 23.0. The molecule has 2 heteroatoms. The minimum absolute atomic E-state index is 0.00731. The SMILES string of the molecule is Cc1ccc(C(O)C2CCCO2)cc1C. The van der Waals surface area contributed by atoms with Crippen LogP contribution in [0.1, 0.15) is 35.6 Å². The average molecular weight is 206 g/mol. The van der Waals surface area contributed by atoms with E-state index in [0.29, 0.717) is 0 Å². The second-order valence-electron chi connectivity index (χ2n) is 4.34. The third kappa shape index (κ3) is 2.21. The minimum atomic E-state index is -0.466. The largest absolute Gasteiger partial charge is 0.386 e. The molecule has 15 heavy (non-hydrogen) atoms. The summed E-state index contributed by atoms with van der Waals surface area (Å²) in [6.07, 6.45) is 1.56. The van der Waals surface area contributed by atoms with E-state index in [4.69, 9.17) is 4.74 Å². The molecule has 2 unspecified atom stereocenters. The Balaban J connectivity index is 2.17. The van der Waals surface area contributed by atoms with Crippen LogP contribution in [0.2, 0.25) is 0 Å². The van der Waals surface area contributed by atoms with Gasteiger partial charge in [0.05, 0.1) is 6.10 Å². The summed E-state index contributed by atoms with van der Waals surface area (Å²) in [4.78, 5) is 0. The molecule has 2 nitrogen and oxygen atoms in total. The molecule has 0 saturated carbocycles. The quantitative estimate of drug-likeness (QED) is 0.805. The molecule has 1 N–H and O–H groups in total. The molecule has 2 rings (SSSR count). The van der Waals surface area contributed by atoms with Gasteiger partial charge in [-0.3, -0.25) is 0 Å². The molecule has 1 saturated heterocycles. The van der Waals surface area contributed by atoms with Gasteiger partial charge in [0, 0.05) is 6.61 Å². The summed E-state index contributed by atoms with van der Waals surface area (Å²) in [5.74, 6) is 0. The molecule has 1 aliphatic rings. The number of rotatable bonds is 2. The number of hydrogen-bond donors (Lipinski definition) is 1. The van der Waals surface area contributed by atoms with E-state index in [1.54, 1.807) is 0 Å². The van der Waals surface area contributed by atoms with Crippen LogP contribution in [0.3, 0.4) is 0 Å². The second-order valence-corrected chi connectivity index (χ2v) is 4.34. The Bertz CT molecular complexity index is 340. The predicted octanol–water partition coefficient (Wildman–Crippen LogP) is 2.52. The highest BCUT2D eigenvalue weighted by atomic mass is 16.5. The molecule has 1 aromatic rings. The Labute approximate surface area is 90.9 Å². The van der Waals surface area contributed by atoms with Gasteiger partial charge in [0.25, 0.3) is 0 Å². The van der Waals surface area contributed by atoms with Crippen molar-refractivity contribution in [2.45, 2.75) is 38.9 Å². The van der Waals surface area contributed by atoms with Crippen molar-refractivity contribution in [3.05, 3.63) is 34.9 Å². The second kappa shape index (κ2) is 4.33. The molecule has 1 heterocycles. The van der Waals surface area contributed by atoms with Gasteiger partial charge >= 0.3 is 0 Å². The molecule has 1 fully saturated rings. The van der Waals surface area contributed by atoms with Crippen molar-refractivity contribution in [1.29, 1.82) is 0 Å². The average Bonchev–Trinajstić information content (AvgIpc) is 2.74. The lowest BCUT2D eigenvalue weighted by atomic mass is 9.98. The third-order valence-corrected chi connectivity index (χ3v) is 3.19. The lowest BCUT2D eigenvalue weighted by Gasteiger charge is -2.18. The summed E-state index contributed by atoms with van der Waals surface area (Å²) in [6, 6.07) is 6.11. The van der Waals surface area contributed by atoms with Crippen LogP contribution in [0, 0.1) is 13.8 Å². The molecule has 0 aromatic heterocycles. The van der Waals surface area contributed by atoms with E-state index in [9.17, 15) is 5.11 Å². The first-order chi connectivity index (χ1) is 7.18. The molecule has 1 aromatic carbocycles. The summed E-state index contributed by atoms with van der Waals surface area (Å²) in [5.41, 5.74) is 3.47. The van der Waals surface area contributed by atoms with Crippen molar-refractivity contribution >= 4 is 0 Å². The van der Waals surface area contributed by atoms with Crippen molar-refractivity contribution in [3.63, 3.8) is 0 Å². The van der Waals surface area contributed by atoms with Crippen LogP contribution in [-0.2, 0) is 4.74 Å². The number of benzene rings is 1. The van der Waals surface area contributed by atoms with Crippen LogP contribution in [0.25, 0.3) is 0 Å². The van der Waals surface area contributed by atoms with Gasteiger partial charge in [0.2, 0.25) is 0 Å². The summed E-state index contributed by atoms with van der Waals surface area (Å²) < 4.78 is 5.49. The fourth-order valence-electron chi connectivity index (χ4n) is 2.01. The standard InChI is InChI=1S/C13H18O2/c1-9-5-6-11(8-10(9)2)13(14)12-4-3-7-15-12/h5-6,8,12-14H,3-4,7H2,1-2H3. The minimum Gasteiger partial charge on any atom is -0.386 e. The van der Waals surface area contributed by atoms with Gasteiger partial charge in [-0.05, 0) is 43.4 Å². The highest BCUT2D eigenvalue weighted by Gasteiger charge is 2.25. The lowest BCUT2D eigenvalue weighted by Crippen LogP contribution is -2.17. The van der Waals surface area contributed by atoms with E-state index in [-0.39, 0.29) is 6.10 Å². The van der Waals surface area contributed by atoms with Crippen LogP contribution in [0.15, 0.2) is 18.2 Å². The van der Waals surface area contributed by atoms with Crippen molar-refractivity contribution in [3.8, 4) is 0 Å². The molecule has 0 amide bonds. The number of aliphatic hydroxyl groups excluding tert-OH is 1. The highest BCUT2D eigenvalue weighted by molar-refractivity contribution is 5.31. The maximum atomic E-state index is 10.1. The summed E-state index contributed by atoms with van der Waals surface area (Å²) in [7, 11) is 0. The molecule has 82 valence electrons. The van der Waals surface area contributed by atoms with Gasteiger partial charge in [0.1, 0.15) is 6.10 Å². The van der Waals surface area contributed by atoms with E-state index in [1.807, 2.05) is 6.07 Å². The van der Waals surface area contributed by atoms with Crippen molar-refractivity contribution in [1.82, 2.24) is 0 Å². The topological polar surface area (TPSA) is 29.5 Å². The highest BCUT2D eigenvalue weighted by Crippen LogP contribution is 2.27. The first-order valence-corrected chi connectivity index (χ1v) is 5.55. The fraction of sp³-hybridized carbons (Fsp3) is 0.538. The molecule has 0 bridgehead atoms. The Morgan fingerprint density at radius 2 is 2.13 bits per heavy atom. The maximum absolute atomic E-state index is 10.1. The molecular weight excluding hydrogens is 188 g/mol. The zero-order valence-corrected chi connectivity index (χ0v) is 9.36. The van der Waals surface area contributed by atoms with Gasteiger partial charge in [-0.25, -0.2) is 0 Å². The summed E-state index contributed by atoms with van der Waals surface area (Å²) >= 11 is 0. The van der Waals surface area contributed by atoms with Crippen LogP contribution in [0.5, 0.6) is 0 Å². The Morgan fingerprint density at radius 3 is 2.73 bits per heavy atom. The summed E-state index contributed by atoms with van der Waals surface area (Å²) in [6.45, 7) is 4.94. The van der Waals surface area contributed by atoms with Gasteiger partial charge in [-0.15, -0.1) is 0 Å². The van der Waals surface area contributed by atoms with Crippen molar-refractivity contribution < 1.29 is 9.84 Å². The fourth-order valence-corrected chi connectivity index (χ4v) is 2.01. The van der Waals surface area contributed by atoms with E-state index < -0.39 is 6.10 Å². The molecule has 0 aliphatic carbocycles. The molecule has 1 aliphatic heterocycles. The Kier molecular flexibility index (Phi) is 3.08. The van der Waals surface area contributed by atoms with Crippen molar-refractivity contribution in [2.75, 3.05) is 6.61 Å². The number of aryl methyl sites for hydroxylation is 2. The lowest BCUT2D eigenvalue weighted by molar-refractivity contribution is -0.00261. The van der Waals surface area contributed by atoms with Crippen LogP contribution >= 0.6 is 0 Å². The van der Waals surface area contributed by atoms with Crippen LogP contribution in [0.4, 0.5) is 0 Å². The van der Waals surface area contributed by atoms with E-state index in [0.717, 1.165) is 25.0 Å². The zero-order valence-electron chi connectivity index (χ0n) is 9.36. The van der Waals surface area contributed by atoms with Crippen LogP contribution in [-0.4, -0.2) is 17.8 Å². The molecule has 0 spiro atoms. The smallest absolute Gasteiger partial charge is 0.105 e. The first kappa shape index (κ1) is 10.7. The molecule has 2 atom stereocenters. The number of hydrogen-bond acceptors (Lipinski definition) is 2. The van der Waals surface area contributed by atoms with E-state index in [2.05, 4.69) is 26.0 Å². The Morgan fingerprint density at radius 1 is 1.33 bits per heavy atom. The predicted molar refractivity (Wildman–Crippen MR) is 59.8 cm³/mol. The third-order valence-electron chi connectivity index (χ3n) is 3.19. The van der Waals surface area contributed by atoms with Crippen LogP contribution < -0.4 is 0 Å². The van der Waals surface area contributed by atoms with Crippen molar-refractivity contribution in [2.24, 2.45) is 0 Å². The monoisotopic (exact) mass is 206 g/mol. The summed E-state index contributed by atoms with van der Waals surface area (Å²) in [5, 5.41) is 10.1. The van der Waals surface area contributed by atoms with Gasteiger partial charge in [0.15, 0.2) is 0 Å². The molecular formula is C13H18O2. The molecule has 0 radical (unpaired) electrons. The first-order valence-electron chi connectivity index (χ1n) is 5.55. The zero-order chi connectivity index (χ0) is 10.8. The van der Waals surface area contributed by atoms with E-state index >= 15 is 0 Å².